The van der Waals surface area contributed by atoms with E-state index in [9.17, 15) is 22.4 Å². The Morgan fingerprint density at radius 3 is 2.52 bits per heavy atom. The Morgan fingerprint density at radius 1 is 1.38 bits per heavy atom. The van der Waals surface area contributed by atoms with Crippen LogP contribution in [0.25, 0.3) is 0 Å². The van der Waals surface area contributed by atoms with Gasteiger partial charge in [-0.25, -0.2) is 9.40 Å². The summed E-state index contributed by atoms with van der Waals surface area (Å²) in [6.07, 6.45) is -4.95. The van der Waals surface area contributed by atoms with Crippen LogP contribution in [0.5, 0.6) is 0 Å². The van der Waals surface area contributed by atoms with Crippen molar-refractivity contribution in [3.05, 3.63) is 35.6 Å². The van der Waals surface area contributed by atoms with Gasteiger partial charge in [0.05, 0.1) is 5.41 Å². The van der Waals surface area contributed by atoms with E-state index in [0.717, 1.165) is 11.1 Å². The van der Waals surface area contributed by atoms with Gasteiger partial charge >= 0.3 is 6.18 Å². The Balaban J connectivity index is 2.23. The lowest BCUT2D eigenvalue weighted by Gasteiger charge is -2.29. The Bertz CT molecular complexity index is 542. The fraction of sp³-hybridized carbons (Fsp3) is 0.500. The molecule has 1 aromatic rings. The van der Waals surface area contributed by atoms with Crippen molar-refractivity contribution in [3.8, 4) is 0 Å². The van der Waals surface area contributed by atoms with E-state index in [2.05, 4.69) is 5.43 Å². The van der Waals surface area contributed by atoms with Gasteiger partial charge in [0.2, 0.25) is 5.91 Å². The van der Waals surface area contributed by atoms with Crippen LogP contribution in [-0.4, -0.2) is 29.7 Å². The highest BCUT2D eigenvalue weighted by molar-refractivity contribution is 5.83. The van der Waals surface area contributed by atoms with Crippen molar-refractivity contribution < 1.29 is 22.4 Å². The fourth-order valence-electron chi connectivity index (χ4n) is 2.30. The summed E-state index contributed by atoms with van der Waals surface area (Å²) in [4.78, 5) is 11.7. The maximum absolute atomic E-state index is 13.3. The molecule has 1 amide bonds. The number of alkyl halides is 3. The highest BCUT2D eigenvalue weighted by atomic mass is 19.4. The summed E-state index contributed by atoms with van der Waals surface area (Å²) in [6.45, 7) is 3.11. The van der Waals surface area contributed by atoms with Gasteiger partial charge < -0.3 is 0 Å². The van der Waals surface area contributed by atoms with Crippen LogP contribution in [0.15, 0.2) is 24.3 Å². The number of hydrogen-bond acceptors (Lipinski definition) is 2. The standard InChI is InChI=1S/C14H16F4N2O/c1-13(2)8-20(19-12(13)21)11(14(16,17)18)7-9-4-3-5-10(15)6-9/h3-6,11H,7-8H2,1-2H3,(H,19,21). The first-order valence-corrected chi connectivity index (χ1v) is 6.48. The van der Waals surface area contributed by atoms with E-state index < -0.39 is 35.8 Å². The lowest BCUT2D eigenvalue weighted by Crippen LogP contribution is -2.51. The molecule has 3 nitrogen and oxygen atoms in total. The van der Waals surface area contributed by atoms with Crippen molar-refractivity contribution in [2.24, 2.45) is 5.41 Å². The van der Waals surface area contributed by atoms with Crippen molar-refractivity contribution in [1.82, 2.24) is 10.4 Å². The van der Waals surface area contributed by atoms with Crippen LogP contribution in [-0.2, 0) is 11.2 Å². The number of nitrogens with zero attached hydrogens (tertiary/aromatic N) is 1. The number of hydrogen-bond donors (Lipinski definition) is 1. The van der Waals surface area contributed by atoms with Crippen LogP contribution >= 0.6 is 0 Å². The molecule has 1 unspecified atom stereocenters. The molecule has 0 radical (unpaired) electrons. The maximum Gasteiger partial charge on any atom is 0.406 e. The third kappa shape index (κ3) is 3.53. The first kappa shape index (κ1) is 15.8. The van der Waals surface area contributed by atoms with E-state index in [4.69, 9.17) is 0 Å². The van der Waals surface area contributed by atoms with E-state index in [0.29, 0.717) is 0 Å². The number of halogens is 4. The molecular weight excluding hydrogens is 288 g/mol. The Morgan fingerprint density at radius 2 is 2.05 bits per heavy atom. The molecule has 1 heterocycles. The smallest absolute Gasteiger partial charge is 0.288 e. The number of benzene rings is 1. The van der Waals surface area contributed by atoms with Crippen LogP contribution in [0, 0.1) is 11.2 Å². The van der Waals surface area contributed by atoms with Gasteiger partial charge in [0.1, 0.15) is 11.9 Å². The third-order valence-electron chi connectivity index (χ3n) is 3.50. The van der Waals surface area contributed by atoms with Gasteiger partial charge in [-0.3, -0.25) is 10.2 Å². The number of rotatable bonds is 3. The molecule has 116 valence electrons. The Kier molecular flexibility index (Phi) is 3.97. The van der Waals surface area contributed by atoms with Crippen molar-refractivity contribution in [2.45, 2.75) is 32.5 Å². The summed E-state index contributed by atoms with van der Waals surface area (Å²) in [5, 5.41) is 0.896. The van der Waals surface area contributed by atoms with Gasteiger partial charge in [0.15, 0.2) is 0 Å². The minimum absolute atomic E-state index is 0.0503. The van der Waals surface area contributed by atoms with E-state index in [-0.39, 0.29) is 12.1 Å². The molecule has 0 aromatic heterocycles. The van der Waals surface area contributed by atoms with E-state index >= 15 is 0 Å². The lowest BCUT2D eigenvalue weighted by molar-refractivity contribution is -0.188. The highest BCUT2D eigenvalue weighted by Gasteiger charge is 2.50. The van der Waals surface area contributed by atoms with Gasteiger partial charge in [-0.05, 0) is 38.0 Å². The molecule has 1 atom stereocenters. The second-order valence-electron chi connectivity index (χ2n) is 5.84. The molecular formula is C14H16F4N2O. The minimum atomic E-state index is -4.53. The summed E-state index contributed by atoms with van der Waals surface area (Å²) in [7, 11) is 0. The Labute approximate surface area is 119 Å². The highest BCUT2D eigenvalue weighted by Crippen LogP contribution is 2.32. The van der Waals surface area contributed by atoms with E-state index in [1.807, 2.05) is 0 Å². The van der Waals surface area contributed by atoms with Gasteiger partial charge in [0.25, 0.3) is 0 Å². The number of nitrogens with one attached hydrogen (secondary N) is 1. The first-order chi connectivity index (χ1) is 9.59. The minimum Gasteiger partial charge on any atom is -0.288 e. The predicted molar refractivity (Wildman–Crippen MR) is 68.6 cm³/mol. The molecule has 7 heteroatoms. The molecule has 0 bridgehead atoms. The quantitative estimate of drug-likeness (QED) is 0.871. The average Bonchev–Trinajstić information content (AvgIpc) is 2.59. The van der Waals surface area contributed by atoms with E-state index in [1.165, 1.54) is 18.2 Å². The SMILES string of the molecule is CC1(C)CN(C(Cc2cccc(F)c2)C(F)(F)F)NC1=O. The average molecular weight is 304 g/mol. The van der Waals surface area contributed by atoms with Crippen molar-refractivity contribution in [3.63, 3.8) is 0 Å². The van der Waals surface area contributed by atoms with Crippen LogP contribution in [0.2, 0.25) is 0 Å². The molecule has 2 rings (SSSR count). The van der Waals surface area contributed by atoms with E-state index in [1.54, 1.807) is 13.8 Å². The van der Waals surface area contributed by atoms with Crippen LogP contribution < -0.4 is 5.43 Å². The molecule has 1 aliphatic heterocycles. The van der Waals surface area contributed by atoms with Gasteiger partial charge in [0, 0.05) is 6.54 Å². The largest absolute Gasteiger partial charge is 0.406 e. The van der Waals surface area contributed by atoms with Crippen molar-refractivity contribution >= 4 is 5.91 Å². The lowest BCUT2D eigenvalue weighted by atomic mass is 9.94. The molecule has 0 aliphatic carbocycles. The van der Waals surface area contributed by atoms with Crippen molar-refractivity contribution in [1.29, 1.82) is 0 Å². The molecule has 0 spiro atoms. The van der Waals surface area contributed by atoms with Gasteiger partial charge in [-0.2, -0.15) is 13.2 Å². The summed E-state index contributed by atoms with van der Waals surface area (Å²) in [6, 6.07) is 3.16. The van der Waals surface area contributed by atoms with Gasteiger partial charge in [-0.15, -0.1) is 0 Å². The van der Waals surface area contributed by atoms with Crippen LogP contribution in [0.4, 0.5) is 17.6 Å². The predicted octanol–water partition coefficient (Wildman–Crippen LogP) is 2.67. The summed E-state index contributed by atoms with van der Waals surface area (Å²) >= 11 is 0. The van der Waals surface area contributed by atoms with Crippen molar-refractivity contribution in [2.75, 3.05) is 6.54 Å². The number of hydrazine groups is 1. The maximum atomic E-state index is 13.3. The summed E-state index contributed by atoms with van der Waals surface area (Å²) in [5.41, 5.74) is 1.62. The number of carbonyl (C=O) groups is 1. The number of carbonyl (C=O) groups excluding carboxylic acids is 1. The summed E-state index contributed by atoms with van der Waals surface area (Å²) in [5.74, 6) is -1.03. The van der Waals surface area contributed by atoms with Crippen LogP contribution in [0.3, 0.4) is 0 Å². The monoisotopic (exact) mass is 304 g/mol. The zero-order chi connectivity index (χ0) is 15.8. The first-order valence-electron chi connectivity index (χ1n) is 6.48. The molecule has 1 saturated heterocycles. The molecule has 21 heavy (non-hydrogen) atoms. The second kappa shape index (κ2) is 5.29. The molecule has 0 saturated carbocycles. The molecule has 1 N–H and O–H groups in total. The fourth-order valence-corrected chi connectivity index (χ4v) is 2.30. The zero-order valence-electron chi connectivity index (χ0n) is 11.7. The summed E-state index contributed by atoms with van der Waals surface area (Å²) < 4.78 is 52.9. The molecule has 1 aliphatic rings. The van der Waals surface area contributed by atoms with Crippen LogP contribution in [0.1, 0.15) is 19.4 Å². The molecule has 1 fully saturated rings. The normalized spacial score (nSPS) is 20.4. The zero-order valence-corrected chi connectivity index (χ0v) is 11.7. The third-order valence-corrected chi connectivity index (χ3v) is 3.50. The second-order valence-corrected chi connectivity index (χ2v) is 5.84. The van der Waals surface area contributed by atoms with Gasteiger partial charge in [-0.1, -0.05) is 12.1 Å². The molecule has 1 aromatic carbocycles. The number of amides is 1. The Hall–Kier alpha value is -1.63. The topological polar surface area (TPSA) is 32.3 Å².